The summed E-state index contributed by atoms with van der Waals surface area (Å²) in [6, 6.07) is -1.63. The first-order valence-electron chi connectivity index (χ1n) is 5.45. The molecule has 1 heterocycles. The van der Waals surface area contributed by atoms with Crippen LogP contribution in [0, 0.1) is 0 Å². The van der Waals surface area contributed by atoms with Gasteiger partial charge in [-0.3, -0.25) is 4.79 Å². The number of carboxylic acids is 1. The number of aromatic amines is 1. The molecule has 1 atom stereocenters. The largest absolute Gasteiger partial charge is 0.480 e. The van der Waals surface area contributed by atoms with Crippen LogP contribution in [0.5, 0.6) is 0 Å². The van der Waals surface area contributed by atoms with E-state index in [2.05, 4.69) is 15.6 Å². The summed E-state index contributed by atoms with van der Waals surface area (Å²) < 4.78 is 4.76. The Morgan fingerprint density at radius 2 is 2.32 bits per heavy atom. The van der Waals surface area contributed by atoms with E-state index < -0.39 is 18.0 Å². The number of thiazole rings is 1. The lowest BCUT2D eigenvalue weighted by Crippen LogP contribution is -2.46. The minimum absolute atomic E-state index is 0.126. The zero-order valence-corrected chi connectivity index (χ0v) is 11.1. The molecule has 4 N–H and O–H groups in total. The number of aromatic nitrogens is 1. The van der Waals surface area contributed by atoms with E-state index in [0.29, 0.717) is 5.69 Å². The van der Waals surface area contributed by atoms with Crippen LogP contribution in [0.2, 0.25) is 0 Å². The first kappa shape index (κ1) is 15.2. The number of aliphatic carboxylic acids is 1. The zero-order valence-electron chi connectivity index (χ0n) is 10.3. The van der Waals surface area contributed by atoms with Crippen molar-refractivity contribution >= 4 is 23.3 Å². The Morgan fingerprint density at radius 3 is 2.84 bits per heavy atom. The highest BCUT2D eigenvalue weighted by molar-refractivity contribution is 7.07. The lowest BCUT2D eigenvalue weighted by Gasteiger charge is -2.14. The number of carbonyl (C=O) groups is 2. The standard InChI is InChI=1S/C10H15N3O5S/c1-18-3-2-7(8(14)15)13-9(16)11-4-6-5-19-10(17)12-6/h5,7H,2-4H2,1H3,(H,12,17)(H,14,15)(H2,11,13,16). The number of urea groups is 1. The molecule has 0 aliphatic carbocycles. The van der Waals surface area contributed by atoms with Gasteiger partial charge >= 0.3 is 16.9 Å². The first-order chi connectivity index (χ1) is 9.02. The fraction of sp³-hybridized carbons (Fsp3) is 0.500. The van der Waals surface area contributed by atoms with E-state index in [-0.39, 0.29) is 24.4 Å². The van der Waals surface area contributed by atoms with E-state index in [1.54, 1.807) is 5.38 Å². The average molecular weight is 289 g/mol. The van der Waals surface area contributed by atoms with Gasteiger partial charge in [-0.2, -0.15) is 0 Å². The summed E-state index contributed by atoms with van der Waals surface area (Å²) in [5.41, 5.74) is 0.564. The van der Waals surface area contributed by atoms with Gasteiger partial charge in [-0.15, -0.1) is 0 Å². The molecule has 0 aliphatic heterocycles. The third-order valence-corrected chi connectivity index (χ3v) is 2.94. The van der Waals surface area contributed by atoms with E-state index in [1.165, 1.54) is 7.11 Å². The third kappa shape index (κ3) is 5.53. The van der Waals surface area contributed by atoms with Crippen molar-refractivity contribution in [1.29, 1.82) is 0 Å². The van der Waals surface area contributed by atoms with E-state index in [0.717, 1.165) is 11.3 Å². The highest BCUT2D eigenvalue weighted by Crippen LogP contribution is 1.96. The van der Waals surface area contributed by atoms with E-state index in [4.69, 9.17) is 9.84 Å². The van der Waals surface area contributed by atoms with Crippen molar-refractivity contribution in [2.24, 2.45) is 0 Å². The van der Waals surface area contributed by atoms with Crippen LogP contribution in [0.4, 0.5) is 4.79 Å². The Hall–Kier alpha value is -1.87. The first-order valence-corrected chi connectivity index (χ1v) is 6.33. The maximum Gasteiger partial charge on any atom is 0.326 e. The molecular formula is C10H15N3O5S. The summed E-state index contributed by atoms with van der Waals surface area (Å²) in [7, 11) is 1.45. The van der Waals surface area contributed by atoms with Crippen molar-refractivity contribution in [2.45, 2.75) is 19.0 Å². The number of hydrogen-bond donors (Lipinski definition) is 4. The Morgan fingerprint density at radius 1 is 1.58 bits per heavy atom. The summed E-state index contributed by atoms with van der Waals surface area (Å²) in [6.07, 6.45) is 0.175. The predicted octanol–water partition coefficient (Wildman–Crippen LogP) is -0.275. The van der Waals surface area contributed by atoms with Crippen LogP contribution in [0.1, 0.15) is 12.1 Å². The summed E-state index contributed by atoms with van der Waals surface area (Å²) in [5.74, 6) is -1.13. The maximum absolute atomic E-state index is 11.5. The molecule has 106 valence electrons. The molecule has 0 radical (unpaired) electrons. The molecule has 0 fully saturated rings. The average Bonchev–Trinajstić information content (AvgIpc) is 2.77. The molecule has 19 heavy (non-hydrogen) atoms. The van der Waals surface area contributed by atoms with E-state index in [1.807, 2.05) is 0 Å². The summed E-state index contributed by atoms with van der Waals surface area (Å²) >= 11 is 0.993. The molecule has 9 heteroatoms. The molecule has 0 saturated heterocycles. The van der Waals surface area contributed by atoms with Gasteiger partial charge in [0.15, 0.2) is 0 Å². The zero-order chi connectivity index (χ0) is 14.3. The van der Waals surface area contributed by atoms with Gasteiger partial charge in [0.05, 0.1) is 6.54 Å². The second kappa shape index (κ2) is 7.54. The second-order valence-corrected chi connectivity index (χ2v) is 4.51. The van der Waals surface area contributed by atoms with Gasteiger partial charge in [-0.1, -0.05) is 11.3 Å². The lowest BCUT2D eigenvalue weighted by atomic mass is 10.2. The Balaban J connectivity index is 2.39. The molecule has 1 aromatic rings. The Bertz CT molecular complexity index is 484. The smallest absolute Gasteiger partial charge is 0.326 e. The number of ether oxygens (including phenoxy) is 1. The Kier molecular flexibility index (Phi) is 6.03. The van der Waals surface area contributed by atoms with Crippen molar-refractivity contribution in [2.75, 3.05) is 13.7 Å². The molecule has 8 nitrogen and oxygen atoms in total. The summed E-state index contributed by atoms with van der Waals surface area (Å²) in [5, 5.41) is 15.2. The number of amides is 2. The third-order valence-electron chi connectivity index (χ3n) is 2.22. The number of nitrogens with one attached hydrogen (secondary N) is 3. The summed E-state index contributed by atoms with van der Waals surface area (Å²) in [6.45, 7) is 0.357. The maximum atomic E-state index is 11.5. The number of carboxylic acid groups (broad SMARTS) is 1. The van der Waals surface area contributed by atoms with Gasteiger partial charge < -0.3 is 25.5 Å². The fourth-order valence-corrected chi connectivity index (χ4v) is 1.86. The van der Waals surface area contributed by atoms with Crippen molar-refractivity contribution in [3.8, 4) is 0 Å². The topological polar surface area (TPSA) is 121 Å². The van der Waals surface area contributed by atoms with Crippen molar-refractivity contribution in [1.82, 2.24) is 15.6 Å². The van der Waals surface area contributed by atoms with Crippen LogP contribution in [0.15, 0.2) is 10.2 Å². The Labute approximate surface area is 112 Å². The van der Waals surface area contributed by atoms with Gasteiger partial charge in [0.25, 0.3) is 0 Å². The number of rotatable bonds is 7. The molecule has 1 aromatic heterocycles. The van der Waals surface area contributed by atoms with Gasteiger partial charge in [-0.05, 0) is 0 Å². The van der Waals surface area contributed by atoms with Crippen LogP contribution >= 0.6 is 11.3 Å². The fourth-order valence-electron chi connectivity index (χ4n) is 1.28. The minimum atomic E-state index is -1.13. The van der Waals surface area contributed by atoms with E-state index >= 15 is 0 Å². The molecule has 0 aliphatic rings. The quantitative estimate of drug-likeness (QED) is 0.550. The summed E-state index contributed by atoms with van der Waals surface area (Å²) in [4.78, 5) is 35.5. The van der Waals surface area contributed by atoms with Crippen LogP contribution in [0.3, 0.4) is 0 Å². The van der Waals surface area contributed by atoms with Gasteiger partial charge in [0.1, 0.15) is 6.04 Å². The number of methoxy groups -OCH3 is 1. The number of carbonyl (C=O) groups excluding carboxylic acids is 1. The minimum Gasteiger partial charge on any atom is -0.480 e. The molecular weight excluding hydrogens is 274 g/mol. The van der Waals surface area contributed by atoms with Crippen LogP contribution < -0.4 is 15.5 Å². The molecule has 2 amide bonds. The SMILES string of the molecule is COCCC(NC(=O)NCc1csc(=O)[nH]1)C(=O)O. The molecule has 0 bridgehead atoms. The number of hydrogen-bond acceptors (Lipinski definition) is 5. The predicted molar refractivity (Wildman–Crippen MR) is 68.2 cm³/mol. The van der Waals surface area contributed by atoms with Gasteiger partial charge in [0, 0.05) is 31.2 Å². The second-order valence-electron chi connectivity index (χ2n) is 3.67. The highest BCUT2D eigenvalue weighted by Gasteiger charge is 2.19. The van der Waals surface area contributed by atoms with E-state index in [9.17, 15) is 14.4 Å². The molecule has 0 aromatic carbocycles. The van der Waals surface area contributed by atoms with Crippen molar-refractivity contribution in [3.05, 3.63) is 20.7 Å². The highest BCUT2D eigenvalue weighted by atomic mass is 32.1. The molecule has 0 spiro atoms. The van der Waals surface area contributed by atoms with Gasteiger partial charge in [-0.25, -0.2) is 9.59 Å². The lowest BCUT2D eigenvalue weighted by molar-refractivity contribution is -0.139. The van der Waals surface area contributed by atoms with Crippen LogP contribution in [-0.2, 0) is 16.1 Å². The monoisotopic (exact) mass is 289 g/mol. The normalized spacial score (nSPS) is 11.8. The van der Waals surface area contributed by atoms with Crippen LogP contribution in [-0.4, -0.2) is 41.8 Å². The number of H-pyrrole nitrogens is 1. The van der Waals surface area contributed by atoms with Crippen LogP contribution in [0.25, 0.3) is 0 Å². The molecule has 0 saturated carbocycles. The molecule has 1 rings (SSSR count). The van der Waals surface area contributed by atoms with Crippen molar-refractivity contribution < 1.29 is 19.4 Å². The molecule has 1 unspecified atom stereocenters. The van der Waals surface area contributed by atoms with Crippen molar-refractivity contribution in [3.63, 3.8) is 0 Å². The van der Waals surface area contributed by atoms with Gasteiger partial charge in [0.2, 0.25) is 0 Å².